The van der Waals surface area contributed by atoms with Crippen LogP contribution >= 0.6 is 11.6 Å². The van der Waals surface area contributed by atoms with Crippen molar-refractivity contribution in [2.45, 2.75) is 13.0 Å². The Kier molecular flexibility index (Phi) is 5.96. The van der Waals surface area contributed by atoms with Crippen LogP contribution in [0.2, 0.25) is 5.02 Å². The number of nitrogens with two attached hydrogens (primary N) is 1. The first-order valence-corrected chi connectivity index (χ1v) is 9.05. The Labute approximate surface area is 168 Å². The number of hydrogen-bond acceptors (Lipinski definition) is 4. The molecule has 0 fully saturated rings. The summed E-state index contributed by atoms with van der Waals surface area (Å²) in [5.41, 5.74) is 8.62. The van der Waals surface area contributed by atoms with Crippen molar-refractivity contribution in [2.24, 2.45) is 0 Å². The lowest BCUT2D eigenvalue weighted by atomic mass is 10.0. The van der Waals surface area contributed by atoms with Crippen molar-refractivity contribution in [3.8, 4) is 11.1 Å². The minimum Gasteiger partial charge on any atom is -0.449 e. The number of para-hydroxylation sites is 1. The minimum absolute atomic E-state index is 0.161. The summed E-state index contributed by atoms with van der Waals surface area (Å²) in [6.45, 7) is 1.50. The van der Waals surface area contributed by atoms with Crippen LogP contribution in [-0.4, -0.2) is 18.0 Å². The smallest absolute Gasteiger partial charge is 0.341 e. The summed E-state index contributed by atoms with van der Waals surface area (Å²) in [5, 5.41) is 3.24. The zero-order chi connectivity index (χ0) is 20.1. The Balaban J connectivity index is 1.72. The molecule has 3 aromatic rings. The van der Waals surface area contributed by atoms with E-state index in [0.29, 0.717) is 10.7 Å². The van der Waals surface area contributed by atoms with Crippen molar-refractivity contribution in [3.05, 3.63) is 83.4 Å². The number of carbonyl (C=O) groups is 2. The Hall–Kier alpha value is -3.31. The molecule has 0 heterocycles. The van der Waals surface area contributed by atoms with Gasteiger partial charge in [0.1, 0.15) is 0 Å². The van der Waals surface area contributed by atoms with E-state index in [1.54, 1.807) is 6.07 Å². The maximum absolute atomic E-state index is 12.6. The van der Waals surface area contributed by atoms with E-state index >= 15 is 0 Å². The molecule has 0 radical (unpaired) electrons. The third-order valence-corrected chi connectivity index (χ3v) is 4.39. The zero-order valence-electron chi connectivity index (χ0n) is 15.2. The molecular formula is C22H19ClN2O3. The van der Waals surface area contributed by atoms with Crippen LogP contribution in [0.3, 0.4) is 0 Å². The molecule has 0 aliphatic heterocycles. The predicted octanol–water partition coefficient (Wildman–Crippen LogP) is 4.77. The van der Waals surface area contributed by atoms with E-state index in [1.807, 2.05) is 48.5 Å². The predicted molar refractivity (Wildman–Crippen MR) is 111 cm³/mol. The summed E-state index contributed by atoms with van der Waals surface area (Å²) >= 11 is 5.84. The van der Waals surface area contributed by atoms with Gasteiger partial charge in [-0.3, -0.25) is 4.79 Å². The molecule has 0 aromatic heterocycles. The maximum atomic E-state index is 12.6. The number of amides is 1. The van der Waals surface area contributed by atoms with Gasteiger partial charge in [0.15, 0.2) is 6.10 Å². The Morgan fingerprint density at radius 2 is 1.68 bits per heavy atom. The SMILES string of the molecule is C[C@@H](OC(=O)c1ccc(Cl)cc1N)C(=O)Nc1ccccc1-c1ccccc1. The van der Waals surface area contributed by atoms with E-state index in [2.05, 4.69) is 5.32 Å². The maximum Gasteiger partial charge on any atom is 0.341 e. The first kappa shape index (κ1) is 19.5. The lowest BCUT2D eigenvalue weighted by molar-refractivity contribution is -0.123. The van der Waals surface area contributed by atoms with E-state index in [4.69, 9.17) is 22.1 Å². The molecule has 1 atom stereocenters. The molecule has 5 nitrogen and oxygen atoms in total. The number of benzene rings is 3. The molecule has 0 saturated heterocycles. The lowest BCUT2D eigenvalue weighted by Gasteiger charge is -2.16. The Bertz CT molecular complexity index is 1010. The largest absolute Gasteiger partial charge is 0.449 e. The highest BCUT2D eigenvalue weighted by molar-refractivity contribution is 6.31. The van der Waals surface area contributed by atoms with Crippen molar-refractivity contribution in [3.63, 3.8) is 0 Å². The van der Waals surface area contributed by atoms with E-state index in [9.17, 15) is 9.59 Å². The second-order valence-corrected chi connectivity index (χ2v) is 6.62. The van der Waals surface area contributed by atoms with Crippen LogP contribution in [0, 0.1) is 0 Å². The first-order valence-electron chi connectivity index (χ1n) is 8.67. The molecule has 3 aromatic carbocycles. The molecule has 28 heavy (non-hydrogen) atoms. The van der Waals surface area contributed by atoms with Crippen molar-refractivity contribution in [2.75, 3.05) is 11.1 Å². The standard InChI is InChI=1S/C22H19ClN2O3/c1-14(28-22(27)18-12-11-16(23)13-19(18)24)21(26)25-20-10-6-5-9-17(20)15-7-3-2-4-8-15/h2-14H,24H2,1H3,(H,25,26)/t14-/m1/s1. The van der Waals surface area contributed by atoms with E-state index < -0.39 is 18.0 Å². The topological polar surface area (TPSA) is 81.4 Å². The summed E-state index contributed by atoms with van der Waals surface area (Å²) in [6, 6.07) is 21.6. The third-order valence-electron chi connectivity index (χ3n) is 4.16. The summed E-state index contributed by atoms with van der Waals surface area (Å²) in [6.07, 6.45) is -1.01. The van der Waals surface area contributed by atoms with Crippen LogP contribution in [-0.2, 0) is 9.53 Å². The molecule has 0 unspecified atom stereocenters. The quantitative estimate of drug-likeness (QED) is 0.482. The highest BCUT2D eigenvalue weighted by Gasteiger charge is 2.21. The van der Waals surface area contributed by atoms with Gasteiger partial charge in [-0.15, -0.1) is 0 Å². The van der Waals surface area contributed by atoms with Crippen LogP contribution < -0.4 is 11.1 Å². The average Bonchev–Trinajstić information content (AvgIpc) is 2.69. The number of carbonyl (C=O) groups excluding carboxylic acids is 2. The van der Waals surface area contributed by atoms with Crippen molar-refractivity contribution in [1.82, 2.24) is 0 Å². The number of ether oxygens (including phenoxy) is 1. The average molecular weight is 395 g/mol. The fourth-order valence-corrected chi connectivity index (χ4v) is 2.87. The molecule has 0 aliphatic carbocycles. The van der Waals surface area contributed by atoms with E-state index in [0.717, 1.165) is 11.1 Å². The molecular weight excluding hydrogens is 376 g/mol. The van der Waals surface area contributed by atoms with Crippen molar-refractivity contribution < 1.29 is 14.3 Å². The van der Waals surface area contributed by atoms with Gasteiger partial charge in [-0.1, -0.05) is 60.1 Å². The first-order chi connectivity index (χ1) is 13.5. The van der Waals surface area contributed by atoms with Gasteiger partial charge in [0.25, 0.3) is 5.91 Å². The normalized spacial score (nSPS) is 11.5. The fraction of sp³-hybridized carbons (Fsp3) is 0.0909. The summed E-state index contributed by atoms with van der Waals surface area (Å²) in [5.74, 6) is -1.13. The van der Waals surface area contributed by atoms with Crippen LogP contribution in [0.5, 0.6) is 0 Å². The zero-order valence-corrected chi connectivity index (χ0v) is 15.9. The molecule has 6 heteroatoms. The van der Waals surface area contributed by atoms with Gasteiger partial charge in [-0.05, 0) is 36.8 Å². The molecule has 142 valence electrons. The Morgan fingerprint density at radius 1 is 1.00 bits per heavy atom. The summed E-state index contributed by atoms with van der Waals surface area (Å²) in [7, 11) is 0. The van der Waals surface area contributed by atoms with Gasteiger partial charge in [-0.2, -0.15) is 0 Å². The van der Waals surface area contributed by atoms with Crippen LogP contribution in [0.4, 0.5) is 11.4 Å². The number of nitrogens with one attached hydrogen (secondary N) is 1. The molecule has 1 amide bonds. The number of esters is 1. The highest BCUT2D eigenvalue weighted by Crippen LogP contribution is 2.28. The number of nitrogen functional groups attached to an aromatic ring is 1. The third kappa shape index (κ3) is 4.50. The van der Waals surface area contributed by atoms with Crippen LogP contribution in [0.1, 0.15) is 17.3 Å². The van der Waals surface area contributed by atoms with Gasteiger partial charge in [0.05, 0.1) is 5.56 Å². The monoisotopic (exact) mass is 394 g/mol. The molecule has 3 N–H and O–H groups in total. The second-order valence-electron chi connectivity index (χ2n) is 6.18. The van der Waals surface area contributed by atoms with Gasteiger partial charge < -0.3 is 15.8 Å². The van der Waals surface area contributed by atoms with E-state index in [1.165, 1.54) is 25.1 Å². The van der Waals surface area contributed by atoms with E-state index in [-0.39, 0.29) is 11.3 Å². The van der Waals surface area contributed by atoms with Crippen LogP contribution in [0.15, 0.2) is 72.8 Å². The highest BCUT2D eigenvalue weighted by atomic mass is 35.5. The minimum atomic E-state index is -1.01. The summed E-state index contributed by atoms with van der Waals surface area (Å²) in [4.78, 5) is 24.9. The number of hydrogen-bond donors (Lipinski definition) is 2. The molecule has 0 bridgehead atoms. The molecule has 3 rings (SSSR count). The molecule has 0 spiro atoms. The molecule has 0 saturated carbocycles. The second kappa shape index (κ2) is 8.59. The number of halogens is 1. The van der Waals surface area contributed by atoms with Gasteiger partial charge >= 0.3 is 5.97 Å². The van der Waals surface area contributed by atoms with Gasteiger partial charge in [0, 0.05) is 22.0 Å². The number of anilines is 2. The van der Waals surface area contributed by atoms with Crippen LogP contribution in [0.25, 0.3) is 11.1 Å². The van der Waals surface area contributed by atoms with Gasteiger partial charge in [0.2, 0.25) is 0 Å². The van der Waals surface area contributed by atoms with Gasteiger partial charge in [-0.25, -0.2) is 4.79 Å². The summed E-state index contributed by atoms with van der Waals surface area (Å²) < 4.78 is 5.26. The van der Waals surface area contributed by atoms with Crippen molar-refractivity contribution in [1.29, 1.82) is 0 Å². The van der Waals surface area contributed by atoms with Crippen molar-refractivity contribution >= 4 is 34.9 Å². The molecule has 0 aliphatic rings. The lowest BCUT2D eigenvalue weighted by Crippen LogP contribution is -2.30. The Morgan fingerprint density at radius 3 is 2.39 bits per heavy atom. The number of rotatable bonds is 5. The fourth-order valence-electron chi connectivity index (χ4n) is 2.69.